The smallest absolute Gasteiger partial charge is 0.264 e. The van der Waals surface area contributed by atoms with Crippen molar-refractivity contribution >= 4 is 39.3 Å². The van der Waals surface area contributed by atoms with Gasteiger partial charge in [0.25, 0.3) is 10.0 Å². The number of nitriles is 1. The molecule has 2 aromatic heterocycles. The van der Waals surface area contributed by atoms with Gasteiger partial charge in [-0.3, -0.25) is 4.79 Å². The molecular weight excluding hydrogens is 484 g/mol. The average molecular weight is 511 g/mol. The minimum atomic E-state index is -3.88. The first-order valence-corrected chi connectivity index (χ1v) is 13.3. The number of sulfonamides is 1. The van der Waals surface area contributed by atoms with E-state index in [-0.39, 0.29) is 29.1 Å². The van der Waals surface area contributed by atoms with Crippen molar-refractivity contribution in [2.24, 2.45) is 0 Å². The normalized spacial score (nSPS) is 11.2. The maximum atomic E-state index is 12.6. The zero-order valence-corrected chi connectivity index (χ0v) is 21.5. The maximum Gasteiger partial charge on any atom is 0.264 e. The number of nitrogens with zero attached hydrogens (tertiary/aromatic N) is 4. The molecule has 0 aliphatic rings. The van der Waals surface area contributed by atoms with Crippen LogP contribution in [-0.2, 0) is 14.8 Å². The number of aryl methyl sites for hydroxylation is 2. The number of amides is 1. The Labute approximate surface area is 209 Å². The number of anilines is 2. The van der Waals surface area contributed by atoms with Gasteiger partial charge in [0.15, 0.2) is 0 Å². The lowest BCUT2D eigenvalue weighted by atomic mass is 10.1. The summed E-state index contributed by atoms with van der Waals surface area (Å²) in [6.45, 7) is 7.56. The number of thioether (sulfide) groups is 1. The molecule has 182 valence electrons. The fourth-order valence-corrected chi connectivity index (χ4v) is 4.97. The zero-order chi connectivity index (χ0) is 25.6. The number of hydrogen-bond acceptors (Lipinski definition) is 8. The summed E-state index contributed by atoms with van der Waals surface area (Å²) in [6.07, 6.45) is 0.203. The lowest BCUT2D eigenvalue weighted by molar-refractivity contribution is -0.115. The highest BCUT2D eigenvalue weighted by molar-refractivity contribution is 7.99. The molecule has 3 aromatic rings. The van der Waals surface area contributed by atoms with E-state index in [1.54, 1.807) is 26.0 Å². The van der Waals surface area contributed by atoms with Crippen LogP contribution in [0, 0.1) is 25.2 Å². The van der Waals surface area contributed by atoms with Crippen LogP contribution >= 0.6 is 11.8 Å². The highest BCUT2D eigenvalue weighted by Gasteiger charge is 2.16. The summed E-state index contributed by atoms with van der Waals surface area (Å²) < 4.78 is 27.7. The van der Waals surface area contributed by atoms with Crippen molar-refractivity contribution < 1.29 is 13.2 Å². The molecule has 35 heavy (non-hydrogen) atoms. The molecule has 0 fully saturated rings. The quantitative estimate of drug-likeness (QED) is 0.404. The van der Waals surface area contributed by atoms with Gasteiger partial charge in [0, 0.05) is 34.9 Å². The van der Waals surface area contributed by atoms with Gasteiger partial charge < -0.3 is 5.32 Å². The van der Waals surface area contributed by atoms with Crippen molar-refractivity contribution in [2.45, 2.75) is 50.0 Å². The summed E-state index contributed by atoms with van der Waals surface area (Å²) in [5, 5.41) is 12.7. The Morgan fingerprint density at radius 2 is 1.71 bits per heavy atom. The lowest BCUT2D eigenvalue weighted by Crippen LogP contribution is -2.16. The Balaban J connectivity index is 1.57. The van der Waals surface area contributed by atoms with Crippen molar-refractivity contribution in [3.8, 4) is 6.07 Å². The molecule has 0 saturated carbocycles. The van der Waals surface area contributed by atoms with E-state index in [9.17, 15) is 18.5 Å². The number of nitrogens with one attached hydrogen (secondary N) is 2. The van der Waals surface area contributed by atoms with Crippen LogP contribution in [0.1, 0.15) is 48.8 Å². The molecule has 0 unspecified atom stereocenters. The molecule has 1 amide bonds. The molecule has 0 aliphatic heterocycles. The van der Waals surface area contributed by atoms with Gasteiger partial charge in [-0.15, -0.1) is 11.8 Å². The number of carbonyl (C=O) groups is 1. The summed E-state index contributed by atoms with van der Waals surface area (Å²) in [5.74, 6) is 0.459. The number of aromatic nitrogens is 3. The predicted octanol–water partition coefficient (Wildman–Crippen LogP) is 4.41. The molecule has 0 radical (unpaired) electrons. The minimum Gasteiger partial charge on any atom is -0.326 e. The van der Waals surface area contributed by atoms with Crippen LogP contribution in [0.3, 0.4) is 0 Å². The van der Waals surface area contributed by atoms with Gasteiger partial charge in [0.2, 0.25) is 11.9 Å². The van der Waals surface area contributed by atoms with Crippen LogP contribution in [0.15, 0.2) is 52.4 Å². The molecule has 2 N–H and O–H groups in total. The predicted molar refractivity (Wildman–Crippen MR) is 136 cm³/mol. The second-order valence-electron chi connectivity index (χ2n) is 8.11. The van der Waals surface area contributed by atoms with Crippen LogP contribution in [-0.4, -0.2) is 35.0 Å². The third kappa shape index (κ3) is 7.24. The molecule has 1 aromatic carbocycles. The number of carbonyl (C=O) groups excluding carboxylic acids is 1. The van der Waals surface area contributed by atoms with Crippen molar-refractivity contribution in [3.63, 3.8) is 0 Å². The van der Waals surface area contributed by atoms with E-state index in [0.717, 1.165) is 5.69 Å². The fraction of sp³-hybridized carbons (Fsp3) is 0.292. The van der Waals surface area contributed by atoms with Gasteiger partial charge >= 0.3 is 0 Å². The highest BCUT2D eigenvalue weighted by atomic mass is 32.2. The van der Waals surface area contributed by atoms with E-state index in [1.807, 2.05) is 19.9 Å². The second kappa shape index (κ2) is 11.3. The van der Waals surface area contributed by atoms with Gasteiger partial charge in [-0.1, -0.05) is 13.8 Å². The zero-order valence-electron chi connectivity index (χ0n) is 19.9. The summed E-state index contributed by atoms with van der Waals surface area (Å²) in [5.41, 5.74) is 3.15. The molecule has 2 heterocycles. The van der Waals surface area contributed by atoms with Gasteiger partial charge in [-0.05, 0) is 62.2 Å². The number of benzene rings is 1. The van der Waals surface area contributed by atoms with E-state index in [1.165, 1.54) is 36.0 Å². The number of rotatable bonds is 9. The average Bonchev–Trinajstić information content (AvgIpc) is 2.78. The van der Waals surface area contributed by atoms with E-state index in [2.05, 4.69) is 31.1 Å². The Morgan fingerprint density at radius 1 is 1.06 bits per heavy atom. The van der Waals surface area contributed by atoms with Crippen molar-refractivity contribution in [3.05, 3.63) is 65.1 Å². The third-order valence-electron chi connectivity index (χ3n) is 4.82. The molecule has 0 bridgehead atoms. The summed E-state index contributed by atoms with van der Waals surface area (Å²) in [4.78, 5) is 25.1. The van der Waals surface area contributed by atoms with Gasteiger partial charge in [0.1, 0.15) is 11.1 Å². The van der Waals surface area contributed by atoms with E-state index >= 15 is 0 Å². The second-order valence-corrected chi connectivity index (χ2v) is 10.9. The Morgan fingerprint density at radius 3 is 2.31 bits per heavy atom. The Kier molecular flexibility index (Phi) is 8.43. The largest absolute Gasteiger partial charge is 0.326 e. The molecule has 0 atom stereocenters. The van der Waals surface area contributed by atoms with Gasteiger partial charge in [-0.2, -0.15) is 5.26 Å². The first kappa shape index (κ1) is 26.1. The molecule has 0 aliphatic carbocycles. The third-order valence-corrected chi connectivity index (χ3v) is 7.15. The first-order chi connectivity index (χ1) is 16.6. The molecule has 0 spiro atoms. The van der Waals surface area contributed by atoms with Crippen molar-refractivity contribution in [1.82, 2.24) is 15.0 Å². The monoisotopic (exact) mass is 510 g/mol. The SMILES string of the molecule is Cc1cc(C)nc(NS(=O)(=O)c2ccc(NC(=O)CCSc3nc(C(C)C)ccc3C#N)cc2)n1. The summed E-state index contributed by atoms with van der Waals surface area (Å²) in [6, 6.07) is 13.3. The Bertz CT molecular complexity index is 1350. The minimum absolute atomic E-state index is 0.00496. The van der Waals surface area contributed by atoms with Crippen LogP contribution in [0.2, 0.25) is 0 Å². The fourth-order valence-electron chi connectivity index (χ4n) is 3.10. The van der Waals surface area contributed by atoms with Crippen molar-refractivity contribution in [2.75, 3.05) is 15.8 Å². The lowest BCUT2D eigenvalue weighted by Gasteiger charge is -2.10. The highest BCUT2D eigenvalue weighted by Crippen LogP contribution is 2.24. The van der Waals surface area contributed by atoms with Crippen LogP contribution in [0.25, 0.3) is 0 Å². The summed E-state index contributed by atoms with van der Waals surface area (Å²) >= 11 is 1.36. The van der Waals surface area contributed by atoms with Crippen molar-refractivity contribution in [1.29, 1.82) is 5.26 Å². The van der Waals surface area contributed by atoms with Crippen LogP contribution < -0.4 is 10.0 Å². The molecule has 0 saturated heterocycles. The summed E-state index contributed by atoms with van der Waals surface area (Å²) in [7, 11) is -3.88. The Hall–Kier alpha value is -3.49. The maximum absolute atomic E-state index is 12.6. The topological polar surface area (TPSA) is 138 Å². The molecular formula is C24H26N6O3S2. The van der Waals surface area contributed by atoms with Crippen LogP contribution in [0.5, 0.6) is 0 Å². The molecule has 3 rings (SSSR count). The number of hydrogen-bond donors (Lipinski definition) is 2. The van der Waals surface area contributed by atoms with E-state index in [4.69, 9.17) is 0 Å². The number of pyridine rings is 1. The van der Waals surface area contributed by atoms with Gasteiger partial charge in [-0.25, -0.2) is 28.1 Å². The molecule has 9 nitrogen and oxygen atoms in total. The first-order valence-electron chi connectivity index (χ1n) is 10.9. The van der Waals surface area contributed by atoms with Gasteiger partial charge in [0.05, 0.1) is 10.5 Å². The van der Waals surface area contributed by atoms with E-state index in [0.29, 0.717) is 33.4 Å². The van der Waals surface area contributed by atoms with Crippen LogP contribution in [0.4, 0.5) is 11.6 Å². The molecule has 11 heteroatoms. The standard InChI is InChI=1S/C24H26N6O3S2/c1-15(2)21-10-5-18(14-25)23(29-21)34-12-11-22(31)28-19-6-8-20(9-7-19)35(32,33)30-24-26-16(3)13-17(4)27-24/h5-10,13,15H,11-12H2,1-4H3,(H,28,31)(H,26,27,30). The van der Waals surface area contributed by atoms with E-state index < -0.39 is 10.0 Å².